The summed E-state index contributed by atoms with van der Waals surface area (Å²) in [5.74, 6) is 0. The largest absolute Gasteiger partial charge is 0.400 e. The standard InChI is InChI=1S/C6H9F3O2S/c7-6(8,9)5-1-3(11)4(2-10)12-5/h3-5,10-11H,1-2H2/t3-,4-,5+/m0/s1. The Morgan fingerprint density at radius 3 is 2.25 bits per heavy atom. The van der Waals surface area contributed by atoms with Crippen molar-refractivity contribution in [3.05, 3.63) is 0 Å². The van der Waals surface area contributed by atoms with Gasteiger partial charge < -0.3 is 10.2 Å². The van der Waals surface area contributed by atoms with E-state index in [9.17, 15) is 13.2 Å². The number of hydrogen-bond acceptors (Lipinski definition) is 3. The second-order valence-electron chi connectivity index (χ2n) is 2.69. The highest BCUT2D eigenvalue weighted by atomic mass is 32.2. The summed E-state index contributed by atoms with van der Waals surface area (Å²) in [7, 11) is 0. The third kappa shape index (κ3) is 2.05. The smallest absolute Gasteiger partial charge is 0.395 e. The summed E-state index contributed by atoms with van der Waals surface area (Å²) in [5, 5.41) is 15.4. The van der Waals surface area contributed by atoms with Gasteiger partial charge in [0.05, 0.1) is 18.0 Å². The summed E-state index contributed by atoms with van der Waals surface area (Å²) in [5.41, 5.74) is 0. The molecule has 1 fully saturated rings. The van der Waals surface area contributed by atoms with Gasteiger partial charge in [0.15, 0.2) is 0 Å². The van der Waals surface area contributed by atoms with Crippen molar-refractivity contribution in [2.45, 2.75) is 29.2 Å². The van der Waals surface area contributed by atoms with Crippen molar-refractivity contribution < 1.29 is 23.4 Å². The van der Waals surface area contributed by atoms with Crippen molar-refractivity contribution in [1.29, 1.82) is 0 Å². The van der Waals surface area contributed by atoms with Gasteiger partial charge >= 0.3 is 6.18 Å². The fourth-order valence-corrected chi connectivity index (χ4v) is 2.37. The Balaban J connectivity index is 2.54. The van der Waals surface area contributed by atoms with Crippen LogP contribution in [0.2, 0.25) is 0 Å². The Labute approximate surface area is 71.8 Å². The minimum absolute atomic E-state index is 0.306. The molecule has 0 saturated carbocycles. The van der Waals surface area contributed by atoms with E-state index >= 15 is 0 Å². The highest BCUT2D eigenvalue weighted by Crippen LogP contribution is 2.42. The van der Waals surface area contributed by atoms with Crippen LogP contribution in [0.3, 0.4) is 0 Å². The lowest BCUT2D eigenvalue weighted by molar-refractivity contribution is -0.131. The molecule has 1 aliphatic heterocycles. The van der Waals surface area contributed by atoms with Crippen molar-refractivity contribution in [1.82, 2.24) is 0 Å². The minimum Gasteiger partial charge on any atom is -0.395 e. The topological polar surface area (TPSA) is 40.5 Å². The molecule has 1 rings (SSSR count). The van der Waals surface area contributed by atoms with Gasteiger partial charge in [0, 0.05) is 0 Å². The molecule has 12 heavy (non-hydrogen) atoms. The van der Waals surface area contributed by atoms with Crippen LogP contribution in [0, 0.1) is 0 Å². The van der Waals surface area contributed by atoms with Crippen LogP contribution >= 0.6 is 11.8 Å². The van der Waals surface area contributed by atoms with Crippen molar-refractivity contribution in [2.24, 2.45) is 0 Å². The molecule has 3 atom stereocenters. The number of halogens is 3. The van der Waals surface area contributed by atoms with E-state index in [4.69, 9.17) is 10.2 Å². The fraction of sp³-hybridized carbons (Fsp3) is 1.00. The van der Waals surface area contributed by atoms with Crippen LogP contribution in [-0.2, 0) is 0 Å². The van der Waals surface area contributed by atoms with Crippen molar-refractivity contribution in [2.75, 3.05) is 6.61 Å². The Kier molecular flexibility index (Phi) is 2.90. The van der Waals surface area contributed by atoms with E-state index in [1.165, 1.54) is 0 Å². The highest BCUT2D eigenvalue weighted by Gasteiger charge is 2.48. The maximum Gasteiger partial charge on any atom is 0.400 e. The maximum absolute atomic E-state index is 12.0. The van der Waals surface area contributed by atoms with E-state index in [0.717, 1.165) is 0 Å². The van der Waals surface area contributed by atoms with E-state index in [2.05, 4.69) is 0 Å². The third-order valence-electron chi connectivity index (χ3n) is 1.77. The zero-order valence-corrected chi connectivity index (χ0v) is 6.90. The molecule has 0 spiro atoms. The number of aliphatic hydroxyl groups is 2. The molecule has 0 radical (unpaired) electrons. The fourth-order valence-electron chi connectivity index (χ4n) is 1.10. The molecule has 0 aromatic heterocycles. The molecule has 0 aliphatic carbocycles. The quantitative estimate of drug-likeness (QED) is 0.660. The minimum atomic E-state index is -4.27. The Morgan fingerprint density at radius 2 is 2.00 bits per heavy atom. The first kappa shape index (κ1) is 10.1. The molecule has 0 aromatic carbocycles. The monoisotopic (exact) mass is 202 g/mol. The summed E-state index contributed by atoms with van der Waals surface area (Å²) in [6.45, 7) is -0.404. The molecule has 0 unspecified atom stereocenters. The molecule has 0 aromatic rings. The molecule has 72 valence electrons. The van der Waals surface area contributed by atoms with E-state index in [0.29, 0.717) is 11.8 Å². The van der Waals surface area contributed by atoms with Gasteiger partial charge in [-0.25, -0.2) is 0 Å². The van der Waals surface area contributed by atoms with Crippen molar-refractivity contribution >= 4 is 11.8 Å². The number of hydrogen-bond donors (Lipinski definition) is 2. The Bertz CT molecular complexity index is 161. The average Bonchev–Trinajstić information content (AvgIpc) is 2.29. The lowest BCUT2D eigenvalue weighted by Gasteiger charge is -2.12. The van der Waals surface area contributed by atoms with Gasteiger partial charge in [-0.1, -0.05) is 0 Å². The third-order valence-corrected chi connectivity index (χ3v) is 3.37. The Hall–Kier alpha value is 0.0600. The molecule has 6 heteroatoms. The number of aliphatic hydroxyl groups excluding tert-OH is 2. The van der Waals surface area contributed by atoms with Gasteiger partial charge in [0.2, 0.25) is 0 Å². The van der Waals surface area contributed by atoms with E-state index in [-0.39, 0.29) is 6.42 Å². The van der Waals surface area contributed by atoms with E-state index < -0.39 is 29.4 Å². The summed E-state index contributed by atoms with van der Waals surface area (Å²) in [6, 6.07) is 0. The van der Waals surface area contributed by atoms with Crippen LogP contribution in [-0.4, -0.2) is 39.6 Å². The molecule has 2 nitrogen and oxygen atoms in total. The molecule has 0 amide bonds. The molecular weight excluding hydrogens is 193 g/mol. The molecule has 2 N–H and O–H groups in total. The van der Waals surface area contributed by atoms with Crippen LogP contribution in [0.25, 0.3) is 0 Å². The predicted octanol–water partition coefficient (Wildman–Crippen LogP) is 0.776. The van der Waals surface area contributed by atoms with Crippen LogP contribution in [0.4, 0.5) is 13.2 Å². The van der Waals surface area contributed by atoms with Crippen LogP contribution in [0.1, 0.15) is 6.42 Å². The zero-order chi connectivity index (χ0) is 9.35. The molecule has 1 heterocycles. The maximum atomic E-state index is 12.0. The Morgan fingerprint density at radius 1 is 1.42 bits per heavy atom. The lowest BCUT2D eigenvalue weighted by Crippen LogP contribution is -2.24. The van der Waals surface area contributed by atoms with Gasteiger partial charge in [0.25, 0.3) is 0 Å². The van der Waals surface area contributed by atoms with Gasteiger partial charge in [-0.3, -0.25) is 0 Å². The normalized spacial score (nSPS) is 37.2. The summed E-state index contributed by atoms with van der Waals surface area (Å²) >= 11 is 0.601. The second kappa shape index (κ2) is 3.43. The highest BCUT2D eigenvalue weighted by molar-refractivity contribution is 8.00. The van der Waals surface area contributed by atoms with Gasteiger partial charge in [-0.15, -0.1) is 11.8 Å². The van der Waals surface area contributed by atoms with Gasteiger partial charge in [-0.2, -0.15) is 13.2 Å². The van der Waals surface area contributed by atoms with Crippen molar-refractivity contribution in [3.63, 3.8) is 0 Å². The first-order chi connectivity index (χ1) is 5.45. The number of thioether (sulfide) groups is 1. The number of rotatable bonds is 1. The summed E-state index contributed by atoms with van der Waals surface area (Å²) in [6.07, 6.45) is -5.61. The molecule has 0 bridgehead atoms. The SMILES string of the molecule is OC[C@@H]1S[C@@H](C(F)(F)F)C[C@@H]1O. The summed E-state index contributed by atoms with van der Waals surface area (Å²) in [4.78, 5) is 0. The summed E-state index contributed by atoms with van der Waals surface area (Å²) < 4.78 is 36.1. The number of alkyl halides is 3. The zero-order valence-electron chi connectivity index (χ0n) is 6.08. The molecule has 1 aliphatic rings. The predicted molar refractivity (Wildman–Crippen MR) is 38.9 cm³/mol. The van der Waals surface area contributed by atoms with Crippen LogP contribution in [0.15, 0.2) is 0 Å². The second-order valence-corrected chi connectivity index (χ2v) is 4.14. The van der Waals surface area contributed by atoms with Crippen LogP contribution < -0.4 is 0 Å². The first-order valence-electron chi connectivity index (χ1n) is 3.46. The lowest BCUT2D eigenvalue weighted by atomic mass is 10.1. The van der Waals surface area contributed by atoms with Gasteiger partial charge in [-0.05, 0) is 6.42 Å². The molecular formula is C6H9F3O2S. The average molecular weight is 202 g/mol. The van der Waals surface area contributed by atoms with Crippen molar-refractivity contribution in [3.8, 4) is 0 Å². The first-order valence-corrected chi connectivity index (χ1v) is 4.40. The van der Waals surface area contributed by atoms with Crippen LogP contribution in [0.5, 0.6) is 0 Å². The molecule has 1 saturated heterocycles. The van der Waals surface area contributed by atoms with Gasteiger partial charge in [0.1, 0.15) is 5.25 Å². The van der Waals surface area contributed by atoms with E-state index in [1.807, 2.05) is 0 Å². The van der Waals surface area contributed by atoms with E-state index in [1.54, 1.807) is 0 Å².